The van der Waals surface area contributed by atoms with Crippen LogP contribution in [0.25, 0.3) is 0 Å². The second-order valence-corrected chi connectivity index (χ2v) is 3.10. The van der Waals surface area contributed by atoms with Crippen molar-refractivity contribution in [3.63, 3.8) is 0 Å². The molecule has 2 heterocycles. The van der Waals surface area contributed by atoms with E-state index in [9.17, 15) is 4.79 Å². The molecule has 0 saturated heterocycles. The number of H-pyrrole nitrogens is 1. The van der Waals surface area contributed by atoms with Crippen molar-refractivity contribution >= 4 is 5.91 Å². The molecule has 0 saturated carbocycles. The number of amides is 1. The zero-order valence-electron chi connectivity index (χ0n) is 8.27. The molecule has 15 heavy (non-hydrogen) atoms. The first-order valence-corrected chi connectivity index (χ1v) is 4.51. The fourth-order valence-corrected chi connectivity index (χ4v) is 1.24. The molecule has 0 bridgehead atoms. The maximum absolute atomic E-state index is 11.6. The summed E-state index contributed by atoms with van der Waals surface area (Å²) < 4.78 is 1.53. The van der Waals surface area contributed by atoms with E-state index >= 15 is 0 Å². The van der Waals surface area contributed by atoms with Crippen molar-refractivity contribution in [1.29, 1.82) is 0 Å². The molecule has 1 amide bonds. The minimum Gasteiger partial charge on any atom is -0.347 e. The summed E-state index contributed by atoms with van der Waals surface area (Å²) in [7, 11) is 1.73. The molecule has 2 N–H and O–H groups in total. The van der Waals surface area contributed by atoms with Crippen LogP contribution in [0.3, 0.4) is 0 Å². The van der Waals surface area contributed by atoms with E-state index in [-0.39, 0.29) is 5.91 Å². The van der Waals surface area contributed by atoms with Crippen molar-refractivity contribution in [3.05, 3.63) is 36.2 Å². The van der Waals surface area contributed by atoms with Crippen molar-refractivity contribution in [1.82, 2.24) is 25.1 Å². The number of nitrogens with zero attached hydrogens (tertiary/aromatic N) is 3. The van der Waals surface area contributed by atoms with E-state index in [2.05, 4.69) is 20.4 Å². The van der Waals surface area contributed by atoms with E-state index < -0.39 is 0 Å². The van der Waals surface area contributed by atoms with Crippen LogP contribution in [0.5, 0.6) is 0 Å². The number of imidazole rings is 1. The summed E-state index contributed by atoms with van der Waals surface area (Å²) in [6, 6.07) is 1.67. The van der Waals surface area contributed by atoms with Crippen LogP contribution in [0.4, 0.5) is 0 Å². The van der Waals surface area contributed by atoms with Crippen LogP contribution in [0.1, 0.15) is 16.2 Å². The van der Waals surface area contributed by atoms with Gasteiger partial charge in [0, 0.05) is 19.4 Å². The van der Waals surface area contributed by atoms with Gasteiger partial charge in [-0.15, -0.1) is 0 Å². The minimum absolute atomic E-state index is 0.149. The van der Waals surface area contributed by atoms with Gasteiger partial charge in [0.05, 0.1) is 18.6 Å². The van der Waals surface area contributed by atoms with E-state index in [4.69, 9.17) is 0 Å². The number of hydrogen-bond donors (Lipinski definition) is 2. The molecule has 0 aliphatic rings. The molecule has 2 aromatic heterocycles. The standard InChI is InChI=1S/C9H11N5O/c1-14-8(2-3-13-14)9(15)11-5-7-4-10-6-12-7/h2-4,6H,5H2,1H3,(H,10,12)(H,11,15). The molecule has 0 aliphatic carbocycles. The lowest BCUT2D eigenvalue weighted by Crippen LogP contribution is -2.25. The van der Waals surface area contributed by atoms with Crippen molar-refractivity contribution in [2.24, 2.45) is 7.05 Å². The lowest BCUT2D eigenvalue weighted by atomic mass is 10.4. The molecule has 0 unspecified atom stereocenters. The van der Waals surface area contributed by atoms with Gasteiger partial charge in [-0.2, -0.15) is 5.10 Å². The number of carbonyl (C=O) groups excluding carboxylic acids is 1. The first kappa shape index (κ1) is 9.45. The van der Waals surface area contributed by atoms with Crippen LogP contribution >= 0.6 is 0 Å². The van der Waals surface area contributed by atoms with Crippen molar-refractivity contribution < 1.29 is 4.79 Å². The number of nitrogens with one attached hydrogen (secondary N) is 2. The van der Waals surface area contributed by atoms with Crippen LogP contribution in [0.2, 0.25) is 0 Å². The Morgan fingerprint density at radius 3 is 3.13 bits per heavy atom. The lowest BCUT2D eigenvalue weighted by molar-refractivity contribution is 0.0941. The maximum atomic E-state index is 11.6. The van der Waals surface area contributed by atoms with Crippen LogP contribution in [0, 0.1) is 0 Å². The number of carbonyl (C=O) groups is 1. The summed E-state index contributed by atoms with van der Waals surface area (Å²) in [5.41, 5.74) is 1.40. The Kier molecular flexibility index (Phi) is 2.49. The monoisotopic (exact) mass is 205 g/mol. The van der Waals surface area contributed by atoms with Crippen molar-refractivity contribution in [3.8, 4) is 0 Å². The Morgan fingerprint density at radius 2 is 2.53 bits per heavy atom. The highest BCUT2D eigenvalue weighted by Crippen LogP contribution is 1.97. The molecular formula is C9H11N5O. The zero-order valence-corrected chi connectivity index (χ0v) is 8.27. The van der Waals surface area contributed by atoms with Crippen LogP contribution in [0.15, 0.2) is 24.8 Å². The average molecular weight is 205 g/mol. The first-order chi connectivity index (χ1) is 7.27. The van der Waals surface area contributed by atoms with E-state index in [1.807, 2.05) is 0 Å². The highest BCUT2D eigenvalue weighted by atomic mass is 16.2. The Hall–Kier alpha value is -2.11. The molecule has 6 nitrogen and oxygen atoms in total. The summed E-state index contributed by atoms with van der Waals surface area (Å²) in [5, 5.41) is 6.68. The molecule has 0 radical (unpaired) electrons. The van der Waals surface area contributed by atoms with Crippen LogP contribution in [-0.4, -0.2) is 25.7 Å². The molecule has 2 rings (SSSR count). The molecule has 0 aromatic carbocycles. The molecule has 0 spiro atoms. The Morgan fingerprint density at radius 1 is 1.67 bits per heavy atom. The highest BCUT2D eigenvalue weighted by Gasteiger charge is 2.08. The van der Waals surface area contributed by atoms with Gasteiger partial charge in [0.25, 0.3) is 5.91 Å². The third-order valence-corrected chi connectivity index (χ3v) is 2.05. The second kappa shape index (κ2) is 3.95. The van der Waals surface area contributed by atoms with Gasteiger partial charge in [-0.1, -0.05) is 0 Å². The van der Waals surface area contributed by atoms with Crippen LogP contribution in [-0.2, 0) is 13.6 Å². The van der Waals surface area contributed by atoms with E-state index in [0.717, 1.165) is 5.69 Å². The fourth-order valence-electron chi connectivity index (χ4n) is 1.24. The van der Waals surface area contributed by atoms with E-state index in [1.54, 1.807) is 31.8 Å². The van der Waals surface area contributed by atoms with Crippen molar-refractivity contribution in [2.45, 2.75) is 6.54 Å². The predicted octanol–water partition coefficient (Wildman–Crippen LogP) is 0.0732. The number of rotatable bonds is 3. The molecule has 0 atom stereocenters. The normalized spacial score (nSPS) is 10.2. The van der Waals surface area contributed by atoms with Gasteiger partial charge in [0.15, 0.2) is 0 Å². The smallest absolute Gasteiger partial charge is 0.269 e. The topological polar surface area (TPSA) is 75.6 Å². The Balaban J connectivity index is 1.96. The molecule has 2 aromatic rings. The Labute approximate surface area is 86.3 Å². The van der Waals surface area contributed by atoms with E-state index in [0.29, 0.717) is 12.2 Å². The summed E-state index contributed by atoms with van der Waals surface area (Å²) in [4.78, 5) is 18.4. The third kappa shape index (κ3) is 2.04. The molecule has 6 heteroatoms. The number of hydrogen-bond acceptors (Lipinski definition) is 3. The van der Waals surface area contributed by atoms with Crippen LogP contribution < -0.4 is 5.32 Å². The summed E-state index contributed by atoms with van der Waals surface area (Å²) in [5.74, 6) is -0.149. The maximum Gasteiger partial charge on any atom is 0.269 e. The quantitative estimate of drug-likeness (QED) is 0.744. The Bertz CT molecular complexity index is 445. The highest BCUT2D eigenvalue weighted by molar-refractivity contribution is 5.92. The van der Waals surface area contributed by atoms with Gasteiger partial charge in [0.2, 0.25) is 0 Å². The number of aryl methyl sites for hydroxylation is 1. The summed E-state index contributed by atoms with van der Waals surface area (Å²) in [6.45, 7) is 0.435. The molecular weight excluding hydrogens is 194 g/mol. The summed E-state index contributed by atoms with van der Waals surface area (Å²) in [6.07, 6.45) is 4.83. The number of aromatic nitrogens is 4. The van der Waals surface area contributed by atoms with Crippen molar-refractivity contribution in [2.75, 3.05) is 0 Å². The number of aromatic amines is 1. The zero-order chi connectivity index (χ0) is 10.7. The van der Waals surface area contributed by atoms with E-state index in [1.165, 1.54) is 4.68 Å². The second-order valence-electron chi connectivity index (χ2n) is 3.10. The molecule has 0 fully saturated rings. The third-order valence-electron chi connectivity index (χ3n) is 2.05. The SMILES string of the molecule is Cn1nccc1C(=O)NCc1cnc[nH]1. The predicted molar refractivity (Wildman–Crippen MR) is 53.0 cm³/mol. The van der Waals surface area contributed by atoms with Gasteiger partial charge in [0.1, 0.15) is 5.69 Å². The fraction of sp³-hybridized carbons (Fsp3) is 0.222. The van der Waals surface area contributed by atoms with Gasteiger partial charge in [-0.05, 0) is 6.07 Å². The molecule has 78 valence electrons. The first-order valence-electron chi connectivity index (χ1n) is 4.51. The lowest BCUT2D eigenvalue weighted by Gasteiger charge is -2.03. The van der Waals surface area contributed by atoms with Gasteiger partial charge in [-0.3, -0.25) is 9.48 Å². The largest absolute Gasteiger partial charge is 0.347 e. The minimum atomic E-state index is -0.149. The summed E-state index contributed by atoms with van der Waals surface area (Å²) >= 11 is 0. The molecule has 0 aliphatic heterocycles. The average Bonchev–Trinajstić information content (AvgIpc) is 2.84. The van der Waals surface area contributed by atoms with Gasteiger partial charge in [-0.25, -0.2) is 4.98 Å². The van der Waals surface area contributed by atoms with Gasteiger partial charge < -0.3 is 10.3 Å². The van der Waals surface area contributed by atoms with Gasteiger partial charge >= 0.3 is 0 Å².